The zero-order valence-electron chi connectivity index (χ0n) is 6.46. The summed E-state index contributed by atoms with van der Waals surface area (Å²) in [6.45, 7) is 3.10. The number of hydrogen-bond acceptors (Lipinski definition) is 3. The second kappa shape index (κ2) is 2.42. The molecule has 1 aliphatic heterocycles. The molecule has 2 rings (SSSR count). The van der Waals surface area contributed by atoms with Crippen LogP contribution >= 0.6 is 0 Å². The van der Waals surface area contributed by atoms with Gasteiger partial charge in [-0.05, 0) is 19.1 Å². The van der Waals surface area contributed by atoms with Crippen LogP contribution in [0.25, 0.3) is 0 Å². The van der Waals surface area contributed by atoms with Gasteiger partial charge >= 0.3 is 0 Å². The summed E-state index contributed by atoms with van der Waals surface area (Å²) in [6.07, 6.45) is 1.80. The van der Waals surface area contributed by atoms with Crippen molar-refractivity contribution in [2.45, 2.75) is 13.0 Å². The van der Waals surface area contributed by atoms with E-state index in [2.05, 4.69) is 22.5 Å². The fourth-order valence-electron chi connectivity index (χ4n) is 1.21. The number of hydrogen-bond donors (Lipinski definition) is 2. The molecule has 0 radical (unpaired) electrons. The van der Waals surface area contributed by atoms with Crippen LogP contribution in [0.4, 0.5) is 11.5 Å². The third-order valence-corrected chi connectivity index (χ3v) is 1.79. The molecule has 1 atom stereocenters. The van der Waals surface area contributed by atoms with E-state index in [1.165, 1.54) is 0 Å². The molecule has 0 aliphatic carbocycles. The Balaban J connectivity index is 2.34. The molecule has 2 heterocycles. The second-order valence-corrected chi connectivity index (χ2v) is 2.83. The summed E-state index contributed by atoms with van der Waals surface area (Å²) >= 11 is 0. The van der Waals surface area contributed by atoms with Gasteiger partial charge in [0, 0.05) is 18.8 Å². The number of nitrogens with one attached hydrogen (secondary N) is 2. The molecule has 0 aromatic carbocycles. The third kappa shape index (κ3) is 1.13. The standard InChI is InChI=1S/C8H11N3/c1-6-5-10-7-3-2-4-9-8(7)11-6/h2-4,6,10H,5H2,1H3,(H,9,11)/t6-/m0/s1. The Morgan fingerprint density at radius 2 is 2.55 bits per heavy atom. The van der Waals surface area contributed by atoms with Gasteiger partial charge in [0.15, 0.2) is 0 Å². The van der Waals surface area contributed by atoms with Crippen LogP contribution in [0, 0.1) is 0 Å². The van der Waals surface area contributed by atoms with E-state index < -0.39 is 0 Å². The quantitative estimate of drug-likeness (QED) is 0.584. The molecule has 0 saturated heterocycles. The number of nitrogens with zero attached hydrogens (tertiary/aromatic N) is 1. The maximum absolute atomic E-state index is 4.20. The Kier molecular flexibility index (Phi) is 1.42. The highest BCUT2D eigenvalue weighted by Crippen LogP contribution is 2.21. The fraction of sp³-hybridized carbons (Fsp3) is 0.375. The Hall–Kier alpha value is -1.25. The topological polar surface area (TPSA) is 37.0 Å². The first kappa shape index (κ1) is 6.46. The van der Waals surface area contributed by atoms with Crippen molar-refractivity contribution < 1.29 is 0 Å². The van der Waals surface area contributed by atoms with Crippen LogP contribution < -0.4 is 10.6 Å². The summed E-state index contributed by atoms with van der Waals surface area (Å²) in [5.74, 6) is 0.964. The molecule has 58 valence electrons. The lowest BCUT2D eigenvalue weighted by molar-refractivity contribution is 0.808. The third-order valence-electron chi connectivity index (χ3n) is 1.79. The molecule has 2 N–H and O–H groups in total. The molecule has 0 fully saturated rings. The van der Waals surface area contributed by atoms with Crippen molar-refractivity contribution in [3.63, 3.8) is 0 Å². The van der Waals surface area contributed by atoms with Gasteiger partial charge in [-0.25, -0.2) is 4.98 Å². The van der Waals surface area contributed by atoms with Gasteiger partial charge < -0.3 is 10.6 Å². The van der Waals surface area contributed by atoms with Gasteiger partial charge in [-0.1, -0.05) is 0 Å². The molecule has 0 unspecified atom stereocenters. The van der Waals surface area contributed by atoms with Crippen molar-refractivity contribution in [3.8, 4) is 0 Å². The van der Waals surface area contributed by atoms with Gasteiger partial charge in [0.05, 0.1) is 5.69 Å². The predicted molar refractivity (Wildman–Crippen MR) is 45.8 cm³/mol. The highest BCUT2D eigenvalue weighted by molar-refractivity contribution is 5.66. The minimum atomic E-state index is 0.470. The molecule has 1 aliphatic rings. The molecule has 0 amide bonds. The van der Waals surface area contributed by atoms with Crippen LogP contribution in [-0.4, -0.2) is 17.6 Å². The van der Waals surface area contributed by atoms with Gasteiger partial charge in [-0.15, -0.1) is 0 Å². The van der Waals surface area contributed by atoms with Crippen molar-refractivity contribution in [1.82, 2.24) is 4.98 Å². The highest BCUT2D eigenvalue weighted by atomic mass is 15.1. The largest absolute Gasteiger partial charge is 0.380 e. The van der Waals surface area contributed by atoms with E-state index in [1.54, 1.807) is 6.20 Å². The molecule has 11 heavy (non-hydrogen) atoms. The minimum Gasteiger partial charge on any atom is -0.380 e. The Labute approximate surface area is 65.8 Å². The monoisotopic (exact) mass is 149 g/mol. The predicted octanol–water partition coefficient (Wildman–Crippen LogP) is 1.31. The second-order valence-electron chi connectivity index (χ2n) is 2.83. The molecule has 1 aromatic heterocycles. The minimum absolute atomic E-state index is 0.470. The Morgan fingerprint density at radius 3 is 3.45 bits per heavy atom. The van der Waals surface area contributed by atoms with E-state index in [0.717, 1.165) is 18.1 Å². The van der Waals surface area contributed by atoms with Crippen LogP contribution in [0.3, 0.4) is 0 Å². The lowest BCUT2D eigenvalue weighted by Crippen LogP contribution is -2.30. The summed E-state index contributed by atoms with van der Waals surface area (Å²) in [4.78, 5) is 4.20. The number of fused-ring (bicyclic) bond motifs is 1. The average molecular weight is 149 g/mol. The first-order valence-electron chi connectivity index (χ1n) is 3.81. The van der Waals surface area contributed by atoms with E-state index in [-0.39, 0.29) is 0 Å². The first-order valence-corrected chi connectivity index (χ1v) is 3.81. The summed E-state index contributed by atoms with van der Waals surface area (Å²) < 4.78 is 0. The van der Waals surface area contributed by atoms with Crippen molar-refractivity contribution in [2.24, 2.45) is 0 Å². The van der Waals surface area contributed by atoms with Crippen LogP contribution in [0.15, 0.2) is 18.3 Å². The number of rotatable bonds is 0. The SMILES string of the molecule is C[C@H]1CNc2cccnc2N1. The van der Waals surface area contributed by atoms with Gasteiger partial charge in [-0.3, -0.25) is 0 Å². The molecule has 0 spiro atoms. The van der Waals surface area contributed by atoms with Crippen LogP contribution in [-0.2, 0) is 0 Å². The molecular weight excluding hydrogens is 138 g/mol. The van der Waals surface area contributed by atoms with Crippen LogP contribution in [0.1, 0.15) is 6.92 Å². The molecule has 0 bridgehead atoms. The lowest BCUT2D eigenvalue weighted by Gasteiger charge is -2.24. The smallest absolute Gasteiger partial charge is 0.149 e. The van der Waals surface area contributed by atoms with E-state index in [1.807, 2.05) is 12.1 Å². The van der Waals surface area contributed by atoms with Crippen molar-refractivity contribution >= 4 is 11.5 Å². The lowest BCUT2D eigenvalue weighted by atomic mass is 10.2. The fourth-order valence-corrected chi connectivity index (χ4v) is 1.21. The molecule has 0 saturated carbocycles. The van der Waals surface area contributed by atoms with Crippen molar-refractivity contribution in [1.29, 1.82) is 0 Å². The van der Waals surface area contributed by atoms with Crippen molar-refractivity contribution in [2.75, 3.05) is 17.2 Å². The van der Waals surface area contributed by atoms with E-state index >= 15 is 0 Å². The average Bonchev–Trinajstić information content (AvgIpc) is 2.04. The molecule has 3 nitrogen and oxygen atoms in total. The van der Waals surface area contributed by atoms with E-state index in [4.69, 9.17) is 0 Å². The summed E-state index contributed by atoms with van der Waals surface area (Å²) in [6, 6.07) is 4.43. The van der Waals surface area contributed by atoms with Crippen molar-refractivity contribution in [3.05, 3.63) is 18.3 Å². The normalized spacial score (nSPS) is 21.4. The number of pyridine rings is 1. The molecule has 1 aromatic rings. The van der Waals surface area contributed by atoms with Gasteiger partial charge in [0.25, 0.3) is 0 Å². The maximum Gasteiger partial charge on any atom is 0.149 e. The molecule has 3 heteroatoms. The highest BCUT2D eigenvalue weighted by Gasteiger charge is 2.12. The first-order chi connectivity index (χ1) is 5.36. The zero-order chi connectivity index (χ0) is 7.68. The maximum atomic E-state index is 4.20. The number of anilines is 2. The summed E-state index contributed by atoms with van der Waals surface area (Å²) in [5.41, 5.74) is 1.10. The van der Waals surface area contributed by atoms with E-state index in [0.29, 0.717) is 6.04 Å². The summed E-state index contributed by atoms with van der Waals surface area (Å²) in [5, 5.41) is 6.57. The Bertz CT molecular complexity index is 259. The van der Waals surface area contributed by atoms with Gasteiger partial charge in [-0.2, -0.15) is 0 Å². The van der Waals surface area contributed by atoms with E-state index in [9.17, 15) is 0 Å². The number of aromatic nitrogens is 1. The zero-order valence-corrected chi connectivity index (χ0v) is 6.46. The molecular formula is C8H11N3. The summed E-state index contributed by atoms with van der Waals surface area (Å²) in [7, 11) is 0. The van der Waals surface area contributed by atoms with Crippen LogP contribution in [0.2, 0.25) is 0 Å². The Morgan fingerprint density at radius 1 is 1.64 bits per heavy atom. The van der Waals surface area contributed by atoms with Crippen LogP contribution in [0.5, 0.6) is 0 Å². The van der Waals surface area contributed by atoms with Gasteiger partial charge in [0.1, 0.15) is 5.82 Å². The van der Waals surface area contributed by atoms with Gasteiger partial charge in [0.2, 0.25) is 0 Å².